The fraction of sp³-hybridized carbons (Fsp3) is 0.286. The van der Waals surface area contributed by atoms with Gasteiger partial charge >= 0.3 is 0 Å². The molecule has 3 nitrogen and oxygen atoms in total. The number of carbonyl (C=O) groups excluding carboxylic acids is 1. The molecule has 0 aliphatic carbocycles. The molecule has 0 atom stereocenters. The third kappa shape index (κ3) is 3.28. The molecular weight excluding hydrogens is 324 g/mol. The summed E-state index contributed by atoms with van der Waals surface area (Å²) in [7, 11) is 1.98. The van der Waals surface area contributed by atoms with E-state index < -0.39 is 0 Å². The van der Waals surface area contributed by atoms with Gasteiger partial charge in [-0.1, -0.05) is 11.8 Å². The molecule has 19 heavy (non-hydrogen) atoms. The molecule has 0 amide bonds. The molecule has 2 rings (SSSR count). The second-order valence-corrected chi connectivity index (χ2v) is 6.28. The first-order valence-corrected chi connectivity index (χ1v) is 7.67. The summed E-state index contributed by atoms with van der Waals surface area (Å²) in [6.07, 6.45) is 1.74. The van der Waals surface area contributed by atoms with E-state index in [0.717, 1.165) is 26.4 Å². The van der Waals surface area contributed by atoms with E-state index in [-0.39, 0.29) is 5.78 Å². The van der Waals surface area contributed by atoms with Crippen LogP contribution in [-0.2, 0) is 7.05 Å². The van der Waals surface area contributed by atoms with Crippen LogP contribution in [0.25, 0.3) is 0 Å². The average Bonchev–Trinajstić information content (AvgIpc) is 2.65. The highest BCUT2D eigenvalue weighted by Gasteiger charge is 2.14. The van der Waals surface area contributed by atoms with E-state index >= 15 is 0 Å². The second-order valence-electron chi connectivity index (χ2n) is 4.37. The number of halogens is 1. The van der Waals surface area contributed by atoms with Crippen molar-refractivity contribution < 1.29 is 4.79 Å². The zero-order valence-electron chi connectivity index (χ0n) is 11.1. The van der Waals surface area contributed by atoms with Crippen molar-refractivity contribution in [1.82, 2.24) is 9.55 Å². The van der Waals surface area contributed by atoms with Gasteiger partial charge in [-0.3, -0.25) is 4.79 Å². The van der Waals surface area contributed by atoms with Crippen molar-refractivity contribution >= 4 is 33.5 Å². The van der Waals surface area contributed by atoms with Crippen molar-refractivity contribution in [1.29, 1.82) is 0 Å². The first-order chi connectivity index (χ1) is 8.99. The summed E-state index contributed by atoms with van der Waals surface area (Å²) in [6.45, 7) is 3.98. The van der Waals surface area contributed by atoms with Gasteiger partial charge in [0.2, 0.25) is 0 Å². The van der Waals surface area contributed by atoms with Crippen molar-refractivity contribution in [2.24, 2.45) is 7.05 Å². The minimum absolute atomic E-state index is 0.149. The van der Waals surface area contributed by atoms with E-state index in [1.165, 1.54) is 11.8 Å². The molecule has 0 unspecified atom stereocenters. The number of nitrogens with zero attached hydrogens (tertiary/aromatic N) is 2. The normalized spacial score (nSPS) is 10.7. The summed E-state index contributed by atoms with van der Waals surface area (Å²) >= 11 is 4.81. The topological polar surface area (TPSA) is 34.9 Å². The zero-order chi connectivity index (χ0) is 14.0. The number of carbonyl (C=O) groups is 1. The summed E-state index contributed by atoms with van der Waals surface area (Å²) in [5.74, 6) is 0.565. The molecule has 5 heteroatoms. The maximum Gasteiger partial charge on any atom is 0.174 e. The monoisotopic (exact) mass is 338 g/mol. The Morgan fingerprint density at radius 1 is 1.42 bits per heavy atom. The van der Waals surface area contributed by atoms with Crippen molar-refractivity contribution in [3.63, 3.8) is 0 Å². The maximum atomic E-state index is 12.2. The van der Waals surface area contributed by atoms with Gasteiger partial charge in [0.05, 0.1) is 10.8 Å². The Labute approximate surface area is 125 Å². The van der Waals surface area contributed by atoms with Crippen LogP contribution < -0.4 is 0 Å². The summed E-state index contributed by atoms with van der Waals surface area (Å²) in [6, 6.07) is 5.79. The lowest BCUT2D eigenvalue weighted by molar-refractivity contribution is 0.102. The third-order valence-corrected chi connectivity index (χ3v) is 4.54. The Kier molecular flexibility index (Phi) is 4.47. The predicted molar refractivity (Wildman–Crippen MR) is 81.9 cm³/mol. The average molecular weight is 339 g/mol. The first kappa shape index (κ1) is 14.3. The number of aromatic nitrogens is 2. The summed E-state index contributed by atoms with van der Waals surface area (Å²) in [4.78, 5) is 16.4. The standard InChI is InChI=1S/C14H15BrN2OS/c1-9-6-12(10(2)17(9)3)13(18)8-19-14-5-4-11(15)7-16-14/h4-7H,8H2,1-3H3. The van der Waals surface area contributed by atoms with Gasteiger partial charge in [0.15, 0.2) is 5.78 Å². The summed E-state index contributed by atoms with van der Waals surface area (Å²) in [5.41, 5.74) is 2.93. The Morgan fingerprint density at radius 2 is 2.16 bits per heavy atom. The van der Waals surface area contributed by atoms with Crippen LogP contribution >= 0.6 is 27.7 Å². The molecule has 0 saturated heterocycles. The molecule has 2 aromatic rings. The Balaban J connectivity index is 2.05. The molecule has 0 aromatic carbocycles. The third-order valence-electron chi connectivity index (χ3n) is 3.13. The van der Waals surface area contributed by atoms with Crippen LogP contribution in [0.15, 0.2) is 33.9 Å². The molecule has 0 aliphatic rings. The first-order valence-electron chi connectivity index (χ1n) is 5.89. The molecule has 2 heterocycles. The van der Waals surface area contributed by atoms with E-state index in [1.54, 1.807) is 6.20 Å². The molecule has 0 bridgehead atoms. The van der Waals surface area contributed by atoms with E-state index in [9.17, 15) is 4.79 Å². The highest BCUT2D eigenvalue weighted by Crippen LogP contribution is 2.21. The number of Topliss-reactive ketones (excluding diaryl/α,β-unsaturated/α-hetero) is 1. The number of hydrogen-bond acceptors (Lipinski definition) is 3. The number of rotatable bonds is 4. The Morgan fingerprint density at radius 3 is 2.68 bits per heavy atom. The number of ketones is 1. The quantitative estimate of drug-likeness (QED) is 0.628. The number of hydrogen-bond donors (Lipinski definition) is 0. The van der Waals surface area contributed by atoms with Gasteiger partial charge < -0.3 is 4.57 Å². The summed E-state index contributed by atoms with van der Waals surface area (Å²) in [5, 5.41) is 0.863. The molecule has 100 valence electrons. The van der Waals surface area contributed by atoms with Gasteiger partial charge in [0, 0.05) is 34.7 Å². The second kappa shape index (κ2) is 5.92. The van der Waals surface area contributed by atoms with Crippen molar-refractivity contribution in [2.45, 2.75) is 18.9 Å². The lowest BCUT2D eigenvalue weighted by Gasteiger charge is -2.02. The van der Waals surface area contributed by atoms with Crippen LogP contribution in [0, 0.1) is 13.8 Å². The number of pyridine rings is 1. The van der Waals surface area contributed by atoms with Crippen molar-refractivity contribution in [2.75, 3.05) is 5.75 Å². The summed E-state index contributed by atoms with van der Waals surface area (Å²) < 4.78 is 2.98. The SMILES string of the molecule is Cc1cc(C(=O)CSc2ccc(Br)cn2)c(C)n1C. The highest BCUT2D eigenvalue weighted by molar-refractivity contribution is 9.10. The Hall–Kier alpha value is -1.07. The number of thioether (sulfide) groups is 1. The van der Waals surface area contributed by atoms with Crippen LogP contribution in [0.2, 0.25) is 0 Å². The van der Waals surface area contributed by atoms with Crippen molar-refractivity contribution in [3.8, 4) is 0 Å². The van der Waals surface area contributed by atoms with Gasteiger partial charge in [-0.2, -0.15) is 0 Å². The molecule has 0 fully saturated rings. The van der Waals surface area contributed by atoms with E-state index in [4.69, 9.17) is 0 Å². The Bertz CT molecular complexity index is 605. The predicted octanol–water partition coefficient (Wildman–Crippen LogP) is 3.77. The van der Waals surface area contributed by atoms with Gasteiger partial charge in [0.1, 0.15) is 0 Å². The lowest BCUT2D eigenvalue weighted by Crippen LogP contribution is -2.04. The largest absolute Gasteiger partial charge is 0.351 e. The minimum Gasteiger partial charge on any atom is -0.351 e. The molecule has 2 aromatic heterocycles. The smallest absolute Gasteiger partial charge is 0.174 e. The van der Waals surface area contributed by atoms with E-state index in [2.05, 4.69) is 20.9 Å². The van der Waals surface area contributed by atoms with Crippen LogP contribution in [0.4, 0.5) is 0 Å². The zero-order valence-corrected chi connectivity index (χ0v) is 13.5. The van der Waals surface area contributed by atoms with Crippen LogP contribution in [0.1, 0.15) is 21.7 Å². The molecule has 0 N–H and O–H groups in total. The fourth-order valence-electron chi connectivity index (χ4n) is 1.80. The van der Waals surface area contributed by atoms with Crippen LogP contribution in [-0.4, -0.2) is 21.1 Å². The fourth-order valence-corrected chi connectivity index (χ4v) is 2.76. The van der Waals surface area contributed by atoms with E-state index in [0.29, 0.717) is 5.75 Å². The molecule has 0 aliphatic heterocycles. The highest BCUT2D eigenvalue weighted by atomic mass is 79.9. The van der Waals surface area contributed by atoms with Gasteiger partial charge in [-0.05, 0) is 48.0 Å². The van der Waals surface area contributed by atoms with Gasteiger partial charge in [-0.25, -0.2) is 4.98 Å². The molecular formula is C14H15BrN2OS. The van der Waals surface area contributed by atoms with Crippen LogP contribution in [0.5, 0.6) is 0 Å². The number of aryl methyl sites for hydroxylation is 1. The molecule has 0 radical (unpaired) electrons. The molecule has 0 spiro atoms. The van der Waals surface area contributed by atoms with Gasteiger partial charge in [0.25, 0.3) is 0 Å². The minimum atomic E-state index is 0.149. The molecule has 0 saturated carbocycles. The lowest BCUT2D eigenvalue weighted by atomic mass is 10.2. The van der Waals surface area contributed by atoms with Crippen LogP contribution in [0.3, 0.4) is 0 Å². The maximum absolute atomic E-state index is 12.2. The van der Waals surface area contributed by atoms with Crippen molar-refractivity contribution in [3.05, 3.63) is 45.8 Å². The van der Waals surface area contributed by atoms with Gasteiger partial charge in [-0.15, -0.1) is 0 Å². The van der Waals surface area contributed by atoms with E-state index in [1.807, 2.05) is 43.7 Å².